The number of aliphatic hydroxyl groups is 1. The number of benzene rings is 2. The smallest absolute Gasteiger partial charge is 0.0917 e. The average molecular weight is 284 g/mol. The van der Waals surface area contributed by atoms with Gasteiger partial charge in [-0.25, -0.2) is 0 Å². The molecule has 2 aromatic carbocycles. The Morgan fingerprint density at radius 2 is 1.90 bits per heavy atom. The van der Waals surface area contributed by atoms with E-state index >= 15 is 0 Å². The van der Waals surface area contributed by atoms with Crippen LogP contribution in [0.3, 0.4) is 0 Å². The molecule has 0 radical (unpaired) electrons. The van der Waals surface area contributed by atoms with Gasteiger partial charge in [0.25, 0.3) is 0 Å². The van der Waals surface area contributed by atoms with Crippen molar-refractivity contribution >= 4 is 10.8 Å². The highest BCUT2D eigenvalue weighted by Gasteiger charge is 2.22. The van der Waals surface area contributed by atoms with E-state index in [1.54, 1.807) is 0 Å². The number of likely N-dealkylation sites (N-methyl/N-ethyl adjacent to an activating group) is 1. The van der Waals surface area contributed by atoms with Crippen LogP contribution in [0.15, 0.2) is 42.5 Å². The van der Waals surface area contributed by atoms with Crippen LogP contribution in [0.2, 0.25) is 0 Å². The topological polar surface area (TPSA) is 26.7 Å². The van der Waals surface area contributed by atoms with Crippen LogP contribution < -0.4 is 0 Å². The summed E-state index contributed by atoms with van der Waals surface area (Å²) in [6.45, 7) is 6.10. The van der Waals surface area contributed by atoms with Crippen LogP contribution in [-0.2, 0) is 0 Å². The Kier molecular flexibility index (Phi) is 4.24. The van der Waals surface area contributed by atoms with Crippen LogP contribution in [0, 0.1) is 0 Å². The van der Waals surface area contributed by atoms with Crippen LogP contribution in [0.5, 0.6) is 0 Å². The second-order valence-electron chi connectivity index (χ2n) is 6.21. The molecule has 3 nitrogen and oxygen atoms in total. The van der Waals surface area contributed by atoms with E-state index in [1.165, 1.54) is 10.8 Å². The molecule has 3 heteroatoms. The van der Waals surface area contributed by atoms with Crippen LogP contribution in [-0.4, -0.2) is 54.2 Å². The van der Waals surface area contributed by atoms with Gasteiger partial charge >= 0.3 is 0 Å². The quantitative estimate of drug-likeness (QED) is 0.938. The van der Waals surface area contributed by atoms with Crippen molar-refractivity contribution in [3.8, 4) is 0 Å². The zero-order valence-electron chi connectivity index (χ0n) is 12.9. The molecule has 0 saturated carbocycles. The first kappa shape index (κ1) is 14.5. The molecule has 112 valence electrons. The highest BCUT2D eigenvalue weighted by Crippen LogP contribution is 2.22. The summed E-state index contributed by atoms with van der Waals surface area (Å²) < 4.78 is 0. The Labute approximate surface area is 126 Å². The summed E-state index contributed by atoms with van der Waals surface area (Å²) in [5, 5.41) is 12.9. The molecule has 1 aliphatic rings. The summed E-state index contributed by atoms with van der Waals surface area (Å²) in [5.41, 5.74) is 1.01. The van der Waals surface area contributed by atoms with E-state index in [1.807, 2.05) is 18.2 Å². The molecule has 0 aromatic heterocycles. The van der Waals surface area contributed by atoms with Crippen LogP contribution in [0.1, 0.15) is 18.6 Å². The SMILES string of the molecule is CC1CN(CC(O)c2ccc3ccccc3c2)CCN1C. The lowest BCUT2D eigenvalue weighted by Crippen LogP contribution is -2.50. The molecule has 0 aliphatic carbocycles. The molecule has 1 saturated heterocycles. The number of hydrogen-bond donors (Lipinski definition) is 1. The van der Waals surface area contributed by atoms with Crippen molar-refractivity contribution in [3.63, 3.8) is 0 Å². The first-order chi connectivity index (χ1) is 10.1. The lowest BCUT2D eigenvalue weighted by molar-refractivity contribution is 0.0569. The Morgan fingerprint density at radius 1 is 1.14 bits per heavy atom. The van der Waals surface area contributed by atoms with Gasteiger partial charge in [0.15, 0.2) is 0 Å². The van der Waals surface area contributed by atoms with Crippen LogP contribution >= 0.6 is 0 Å². The predicted molar refractivity (Wildman–Crippen MR) is 87.4 cm³/mol. The second-order valence-corrected chi connectivity index (χ2v) is 6.21. The summed E-state index contributed by atoms with van der Waals surface area (Å²) in [6.07, 6.45) is -0.412. The normalized spacial score (nSPS) is 22.5. The van der Waals surface area contributed by atoms with Crippen molar-refractivity contribution in [2.24, 2.45) is 0 Å². The highest BCUT2D eigenvalue weighted by atomic mass is 16.3. The van der Waals surface area contributed by atoms with Crippen molar-refractivity contribution in [2.45, 2.75) is 19.1 Å². The molecule has 21 heavy (non-hydrogen) atoms. The van der Waals surface area contributed by atoms with E-state index in [9.17, 15) is 5.11 Å². The standard InChI is InChI=1S/C18H24N2O/c1-14-12-20(10-9-19(14)2)13-18(21)17-8-7-15-5-3-4-6-16(15)11-17/h3-8,11,14,18,21H,9-10,12-13H2,1-2H3. The van der Waals surface area contributed by atoms with Gasteiger partial charge in [0.2, 0.25) is 0 Å². The van der Waals surface area contributed by atoms with E-state index in [-0.39, 0.29) is 0 Å². The molecule has 0 bridgehead atoms. The minimum Gasteiger partial charge on any atom is -0.387 e. The van der Waals surface area contributed by atoms with E-state index in [4.69, 9.17) is 0 Å². The zero-order valence-corrected chi connectivity index (χ0v) is 12.9. The predicted octanol–water partition coefficient (Wildman–Crippen LogP) is 2.51. The van der Waals surface area contributed by atoms with Gasteiger partial charge in [-0.15, -0.1) is 0 Å². The third kappa shape index (κ3) is 3.26. The van der Waals surface area contributed by atoms with Crippen molar-refractivity contribution in [1.82, 2.24) is 9.80 Å². The van der Waals surface area contributed by atoms with Gasteiger partial charge in [0.05, 0.1) is 6.10 Å². The third-order valence-corrected chi connectivity index (χ3v) is 4.63. The van der Waals surface area contributed by atoms with Crippen LogP contribution in [0.4, 0.5) is 0 Å². The monoisotopic (exact) mass is 284 g/mol. The summed E-state index contributed by atoms with van der Waals surface area (Å²) >= 11 is 0. The molecule has 2 aromatic rings. The first-order valence-corrected chi connectivity index (χ1v) is 7.73. The maximum absolute atomic E-state index is 10.5. The molecule has 2 unspecified atom stereocenters. The van der Waals surface area contributed by atoms with Gasteiger partial charge in [-0.05, 0) is 36.4 Å². The molecule has 1 aliphatic heterocycles. The highest BCUT2D eigenvalue weighted by molar-refractivity contribution is 5.83. The van der Waals surface area contributed by atoms with Crippen LogP contribution in [0.25, 0.3) is 10.8 Å². The average Bonchev–Trinajstić information content (AvgIpc) is 2.50. The fraction of sp³-hybridized carbons (Fsp3) is 0.444. The fourth-order valence-electron chi connectivity index (χ4n) is 3.05. The van der Waals surface area contributed by atoms with Gasteiger partial charge in [0, 0.05) is 32.2 Å². The number of nitrogens with zero attached hydrogens (tertiary/aromatic N) is 2. The molecule has 1 N–H and O–H groups in total. The summed E-state index contributed by atoms with van der Waals surface area (Å²) in [4.78, 5) is 4.74. The molecule has 1 fully saturated rings. The Bertz CT molecular complexity index is 613. The van der Waals surface area contributed by atoms with E-state index in [0.717, 1.165) is 31.7 Å². The van der Waals surface area contributed by atoms with Crippen molar-refractivity contribution < 1.29 is 5.11 Å². The van der Waals surface area contributed by atoms with E-state index in [0.29, 0.717) is 6.04 Å². The minimum absolute atomic E-state index is 0.412. The Hall–Kier alpha value is -1.42. The van der Waals surface area contributed by atoms with E-state index < -0.39 is 6.10 Å². The molecule has 2 atom stereocenters. The molecule has 0 spiro atoms. The number of piperazine rings is 1. The third-order valence-electron chi connectivity index (χ3n) is 4.63. The molecular formula is C18H24N2O. The maximum atomic E-state index is 10.5. The number of aliphatic hydroxyl groups excluding tert-OH is 1. The summed E-state index contributed by atoms with van der Waals surface area (Å²) in [7, 11) is 2.17. The number of β-amino-alcohol motifs (C(OH)–C–C–N with tert-alkyl or cyclic N) is 1. The largest absolute Gasteiger partial charge is 0.387 e. The van der Waals surface area contributed by atoms with Gasteiger partial charge in [-0.2, -0.15) is 0 Å². The zero-order chi connectivity index (χ0) is 14.8. The first-order valence-electron chi connectivity index (χ1n) is 7.73. The number of fused-ring (bicyclic) bond motifs is 1. The lowest BCUT2D eigenvalue weighted by Gasteiger charge is -2.38. The summed E-state index contributed by atoms with van der Waals surface area (Å²) in [6, 6.07) is 15.1. The lowest BCUT2D eigenvalue weighted by atomic mass is 10.0. The number of rotatable bonds is 3. The number of hydrogen-bond acceptors (Lipinski definition) is 3. The molecule has 1 heterocycles. The van der Waals surface area contributed by atoms with Crippen molar-refractivity contribution in [3.05, 3.63) is 48.0 Å². The van der Waals surface area contributed by atoms with Gasteiger partial charge in [-0.1, -0.05) is 36.4 Å². The molecule has 3 rings (SSSR count). The second kappa shape index (κ2) is 6.14. The molecule has 0 amide bonds. The van der Waals surface area contributed by atoms with Crippen molar-refractivity contribution in [1.29, 1.82) is 0 Å². The van der Waals surface area contributed by atoms with Crippen molar-refractivity contribution in [2.75, 3.05) is 33.2 Å². The van der Waals surface area contributed by atoms with Gasteiger partial charge in [-0.3, -0.25) is 4.90 Å². The Balaban J connectivity index is 1.70. The Morgan fingerprint density at radius 3 is 2.67 bits per heavy atom. The summed E-state index contributed by atoms with van der Waals surface area (Å²) in [5.74, 6) is 0. The van der Waals surface area contributed by atoms with Gasteiger partial charge < -0.3 is 10.0 Å². The van der Waals surface area contributed by atoms with E-state index in [2.05, 4.69) is 48.0 Å². The van der Waals surface area contributed by atoms with Gasteiger partial charge in [0.1, 0.15) is 0 Å². The fourth-order valence-corrected chi connectivity index (χ4v) is 3.05. The molecular weight excluding hydrogens is 260 g/mol. The maximum Gasteiger partial charge on any atom is 0.0917 e. The minimum atomic E-state index is -0.412.